The second-order valence-electron chi connectivity index (χ2n) is 6.94. The van der Waals surface area contributed by atoms with Gasteiger partial charge in [-0.3, -0.25) is 9.59 Å². The summed E-state index contributed by atoms with van der Waals surface area (Å²) in [5, 5.41) is 0.0223. The summed E-state index contributed by atoms with van der Waals surface area (Å²) in [5.74, 6) is 0.882. The Balaban J connectivity index is 2.29. The van der Waals surface area contributed by atoms with E-state index in [1.807, 2.05) is 30.3 Å². The number of aryl methyl sites for hydroxylation is 1. The van der Waals surface area contributed by atoms with Crippen LogP contribution in [0.5, 0.6) is 0 Å². The van der Waals surface area contributed by atoms with Gasteiger partial charge in [-0.2, -0.15) is 0 Å². The van der Waals surface area contributed by atoms with Gasteiger partial charge in [-0.25, -0.2) is 0 Å². The molecule has 0 aromatic heterocycles. The Morgan fingerprint density at radius 1 is 0.958 bits per heavy atom. The Kier molecular flexibility index (Phi) is 10.0. The van der Waals surface area contributed by atoms with E-state index in [4.69, 9.17) is 0 Å². The number of Topliss-reactive ketones (excluding diaryl/α,β-unsaturated/α-hetero) is 1. The molecule has 0 aliphatic heterocycles. The van der Waals surface area contributed by atoms with Crippen molar-refractivity contribution >= 4 is 22.7 Å². The lowest BCUT2D eigenvalue weighted by Crippen LogP contribution is -2.32. The molecule has 1 rings (SSSR count). The van der Waals surface area contributed by atoms with Gasteiger partial charge in [0.05, 0.1) is 5.41 Å². The van der Waals surface area contributed by atoms with Crippen LogP contribution >= 0.6 is 11.8 Å². The van der Waals surface area contributed by atoms with Crippen molar-refractivity contribution in [3.05, 3.63) is 35.9 Å². The average Bonchev–Trinajstić information content (AvgIpc) is 2.59. The molecule has 0 bridgehead atoms. The average molecular weight is 349 g/mol. The van der Waals surface area contributed by atoms with Crippen LogP contribution in [0, 0.1) is 5.41 Å². The highest BCUT2D eigenvalue weighted by Crippen LogP contribution is 2.28. The van der Waals surface area contributed by atoms with Crippen LogP contribution in [-0.2, 0) is 16.0 Å². The Hall–Kier alpha value is -1.09. The Labute approximate surface area is 151 Å². The summed E-state index contributed by atoms with van der Waals surface area (Å²) in [6, 6.07) is 9.97. The van der Waals surface area contributed by atoms with Crippen molar-refractivity contribution < 1.29 is 9.59 Å². The topological polar surface area (TPSA) is 34.1 Å². The Morgan fingerprint density at radius 2 is 1.58 bits per heavy atom. The fourth-order valence-electron chi connectivity index (χ4n) is 2.56. The van der Waals surface area contributed by atoms with E-state index in [2.05, 4.69) is 6.92 Å². The maximum absolute atomic E-state index is 12.5. The van der Waals surface area contributed by atoms with E-state index >= 15 is 0 Å². The summed E-state index contributed by atoms with van der Waals surface area (Å²) < 4.78 is 0. The molecule has 0 heterocycles. The molecular formula is C21H32O2S. The SMILES string of the molecule is CCCCCCCCSC(=O)C(C)(C)C(=O)CCc1ccccc1. The van der Waals surface area contributed by atoms with Crippen LogP contribution in [0.3, 0.4) is 0 Å². The number of benzene rings is 1. The molecule has 0 atom stereocenters. The first kappa shape index (κ1) is 21.0. The van der Waals surface area contributed by atoms with Crippen molar-refractivity contribution in [1.82, 2.24) is 0 Å². The zero-order valence-corrected chi connectivity index (χ0v) is 16.3. The number of thioether (sulfide) groups is 1. The van der Waals surface area contributed by atoms with Gasteiger partial charge in [-0.1, -0.05) is 81.1 Å². The van der Waals surface area contributed by atoms with Crippen LogP contribution in [0.1, 0.15) is 71.3 Å². The van der Waals surface area contributed by atoms with Crippen molar-refractivity contribution in [2.24, 2.45) is 5.41 Å². The third-order valence-electron chi connectivity index (χ3n) is 4.42. The molecule has 0 fully saturated rings. The molecule has 24 heavy (non-hydrogen) atoms. The molecule has 0 aliphatic rings. The summed E-state index contributed by atoms with van der Waals surface area (Å²) in [4.78, 5) is 24.8. The zero-order chi connectivity index (χ0) is 17.8. The number of carbonyl (C=O) groups excluding carboxylic acids is 2. The van der Waals surface area contributed by atoms with Crippen molar-refractivity contribution in [3.63, 3.8) is 0 Å². The van der Waals surface area contributed by atoms with E-state index in [0.29, 0.717) is 12.8 Å². The van der Waals surface area contributed by atoms with Crippen molar-refractivity contribution in [1.29, 1.82) is 0 Å². The molecule has 134 valence electrons. The second kappa shape index (κ2) is 11.5. The highest BCUT2D eigenvalue weighted by atomic mass is 32.2. The molecule has 0 radical (unpaired) electrons. The predicted molar refractivity (Wildman–Crippen MR) is 104 cm³/mol. The standard InChI is InChI=1S/C21H32O2S/c1-4-5-6-7-8-12-17-24-20(23)21(2,3)19(22)16-15-18-13-10-9-11-14-18/h9-11,13-14H,4-8,12,15-17H2,1-3H3. The number of rotatable bonds is 12. The number of unbranched alkanes of at least 4 members (excludes halogenated alkanes) is 5. The number of ketones is 1. The van der Waals surface area contributed by atoms with Gasteiger partial charge in [0, 0.05) is 12.2 Å². The summed E-state index contributed by atoms with van der Waals surface area (Å²) >= 11 is 1.34. The first-order chi connectivity index (χ1) is 11.5. The van der Waals surface area contributed by atoms with Gasteiger partial charge in [0.25, 0.3) is 0 Å². The minimum Gasteiger partial charge on any atom is -0.299 e. The Morgan fingerprint density at radius 3 is 2.25 bits per heavy atom. The van der Waals surface area contributed by atoms with Crippen molar-refractivity contribution in [2.45, 2.75) is 72.1 Å². The number of carbonyl (C=O) groups is 2. The van der Waals surface area contributed by atoms with Crippen LogP contribution in [-0.4, -0.2) is 16.7 Å². The summed E-state index contributed by atoms with van der Waals surface area (Å²) in [5.41, 5.74) is 0.274. The van der Waals surface area contributed by atoms with E-state index in [1.165, 1.54) is 43.9 Å². The molecule has 0 unspecified atom stereocenters. The van der Waals surface area contributed by atoms with E-state index in [1.54, 1.807) is 13.8 Å². The molecule has 0 aliphatic carbocycles. The minimum absolute atomic E-state index is 0.0223. The van der Waals surface area contributed by atoms with Gasteiger partial charge in [0.2, 0.25) is 5.12 Å². The quantitative estimate of drug-likeness (QED) is 0.352. The molecule has 0 spiro atoms. The third kappa shape index (κ3) is 7.65. The summed E-state index contributed by atoms with van der Waals surface area (Å²) in [7, 11) is 0. The first-order valence-electron chi connectivity index (χ1n) is 9.23. The van der Waals surface area contributed by atoms with Crippen LogP contribution in [0.2, 0.25) is 0 Å². The van der Waals surface area contributed by atoms with Crippen LogP contribution < -0.4 is 0 Å². The molecule has 0 saturated heterocycles. The van der Waals surface area contributed by atoms with Gasteiger partial charge in [0.1, 0.15) is 5.78 Å². The maximum Gasteiger partial charge on any atom is 0.201 e. The normalized spacial score (nSPS) is 11.5. The second-order valence-corrected chi connectivity index (χ2v) is 8.01. The maximum atomic E-state index is 12.5. The fraction of sp³-hybridized carbons (Fsp3) is 0.619. The monoisotopic (exact) mass is 348 g/mol. The first-order valence-corrected chi connectivity index (χ1v) is 10.2. The highest BCUT2D eigenvalue weighted by Gasteiger charge is 2.34. The van der Waals surface area contributed by atoms with Crippen LogP contribution in [0.25, 0.3) is 0 Å². The van der Waals surface area contributed by atoms with Gasteiger partial charge < -0.3 is 0 Å². The van der Waals surface area contributed by atoms with Crippen molar-refractivity contribution in [3.8, 4) is 0 Å². The molecule has 1 aromatic rings. The van der Waals surface area contributed by atoms with Crippen molar-refractivity contribution in [2.75, 3.05) is 5.75 Å². The molecule has 1 aromatic carbocycles. The van der Waals surface area contributed by atoms with Crippen LogP contribution in [0.4, 0.5) is 0 Å². The van der Waals surface area contributed by atoms with E-state index < -0.39 is 5.41 Å². The predicted octanol–water partition coefficient (Wildman–Crippen LogP) is 5.83. The highest BCUT2D eigenvalue weighted by molar-refractivity contribution is 8.13. The molecular weight excluding hydrogens is 316 g/mol. The number of hydrogen-bond donors (Lipinski definition) is 0. The van der Waals surface area contributed by atoms with E-state index in [-0.39, 0.29) is 10.9 Å². The molecule has 0 amide bonds. The number of hydrogen-bond acceptors (Lipinski definition) is 3. The van der Waals surface area contributed by atoms with E-state index in [0.717, 1.165) is 17.7 Å². The third-order valence-corrected chi connectivity index (χ3v) is 5.69. The van der Waals surface area contributed by atoms with Gasteiger partial charge in [0.15, 0.2) is 0 Å². The fourth-order valence-corrected chi connectivity index (χ4v) is 3.57. The lowest BCUT2D eigenvalue weighted by atomic mass is 9.86. The lowest BCUT2D eigenvalue weighted by Gasteiger charge is -2.21. The molecule has 0 N–H and O–H groups in total. The Bertz CT molecular complexity index is 494. The van der Waals surface area contributed by atoms with E-state index in [9.17, 15) is 9.59 Å². The largest absolute Gasteiger partial charge is 0.299 e. The van der Waals surface area contributed by atoms with Gasteiger partial charge in [-0.15, -0.1) is 0 Å². The molecule has 0 saturated carbocycles. The zero-order valence-electron chi connectivity index (χ0n) is 15.5. The van der Waals surface area contributed by atoms with Crippen LogP contribution in [0.15, 0.2) is 30.3 Å². The van der Waals surface area contributed by atoms with Gasteiger partial charge >= 0.3 is 0 Å². The summed E-state index contributed by atoms with van der Waals surface area (Å²) in [6.07, 6.45) is 8.48. The van der Waals surface area contributed by atoms with Gasteiger partial charge in [-0.05, 0) is 32.3 Å². The summed E-state index contributed by atoms with van der Waals surface area (Å²) in [6.45, 7) is 5.76. The lowest BCUT2D eigenvalue weighted by molar-refractivity contribution is -0.134. The minimum atomic E-state index is -0.873. The molecule has 3 heteroatoms. The molecule has 2 nitrogen and oxygen atoms in total. The smallest absolute Gasteiger partial charge is 0.201 e.